The molecule has 8 nitrogen and oxygen atoms in total. The zero-order valence-corrected chi connectivity index (χ0v) is 10.6. The lowest BCUT2D eigenvalue weighted by Gasteiger charge is -2.10. The fourth-order valence-corrected chi connectivity index (χ4v) is 1.73. The molecule has 1 aromatic carbocycles. The Morgan fingerprint density at radius 2 is 2.20 bits per heavy atom. The molecule has 100 valence electrons. The van der Waals surface area contributed by atoms with E-state index in [1.165, 1.54) is 21.9 Å². The zero-order valence-electron chi connectivity index (χ0n) is 10.6. The average Bonchev–Trinajstić information content (AvgIpc) is 3.14. The van der Waals surface area contributed by atoms with Crippen LogP contribution in [0.25, 0.3) is 5.69 Å². The monoisotopic (exact) mass is 269 g/mol. The molecule has 0 bridgehead atoms. The Balaban J connectivity index is 1.89. The largest absolute Gasteiger partial charge is 0.331 e. The maximum atomic E-state index is 12.0. The highest BCUT2D eigenvalue weighted by atomic mass is 16.2. The highest BCUT2D eigenvalue weighted by Gasteiger charge is 2.08. The number of amides is 1. The van der Waals surface area contributed by atoms with E-state index in [4.69, 9.17) is 0 Å². The minimum absolute atomic E-state index is 0.278. The van der Waals surface area contributed by atoms with Gasteiger partial charge in [-0.3, -0.25) is 4.57 Å². The first-order valence-corrected chi connectivity index (χ1v) is 5.87. The molecule has 3 rings (SSSR count). The second kappa shape index (κ2) is 4.92. The number of aryl methyl sites for hydroxylation is 1. The quantitative estimate of drug-likeness (QED) is 0.756. The van der Waals surface area contributed by atoms with Gasteiger partial charge in [0.2, 0.25) is 0 Å². The predicted molar refractivity (Wildman–Crippen MR) is 70.5 cm³/mol. The average molecular weight is 269 g/mol. The van der Waals surface area contributed by atoms with Crippen LogP contribution in [0.4, 0.5) is 10.5 Å². The topological polar surface area (TPSA) is 90.5 Å². The van der Waals surface area contributed by atoms with E-state index in [0.29, 0.717) is 5.69 Å². The third-order valence-electron chi connectivity index (χ3n) is 2.82. The van der Waals surface area contributed by atoms with Crippen molar-refractivity contribution in [2.75, 3.05) is 5.32 Å². The number of hydrogen-bond donors (Lipinski definition) is 1. The van der Waals surface area contributed by atoms with Crippen molar-refractivity contribution in [2.45, 2.75) is 6.92 Å². The third kappa shape index (κ3) is 2.26. The molecule has 2 heterocycles. The van der Waals surface area contributed by atoms with E-state index >= 15 is 0 Å². The molecule has 8 heteroatoms. The van der Waals surface area contributed by atoms with Crippen molar-refractivity contribution in [3.63, 3.8) is 0 Å². The molecule has 1 amide bonds. The Bertz CT molecular complexity index is 718. The van der Waals surface area contributed by atoms with Gasteiger partial charge in [-0.05, 0) is 35.0 Å². The summed E-state index contributed by atoms with van der Waals surface area (Å²) >= 11 is 0. The van der Waals surface area contributed by atoms with Gasteiger partial charge in [0.1, 0.15) is 12.7 Å². The van der Waals surface area contributed by atoms with Gasteiger partial charge in [0.05, 0.1) is 5.69 Å². The summed E-state index contributed by atoms with van der Waals surface area (Å²) in [7, 11) is 0. The molecule has 2 aromatic heterocycles. The van der Waals surface area contributed by atoms with E-state index in [2.05, 4.69) is 25.8 Å². The highest BCUT2D eigenvalue weighted by Crippen LogP contribution is 2.19. The summed E-state index contributed by atoms with van der Waals surface area (Å²) in [5, 5.41) is 13.8. The maximum absolute atomic E-state index is 12.0. The van der Waals surface area contributed by atoms with Gasteiger partial charge in [-0.25, -0.2) is 14.5 Å². The van der Waals surface area contributed by atoms with Crippen LogP contribution in [-0.4, -0.2) is 35.8 Å². The van der Waals surface area contributed by atoms with Gasteiger partial charge in [0, 0.05) is 18.1 Å². The van der Waals surface area contributed by atoms with E-state index in [-0.39, 0.29) is 6.03 Å². The molecule has 0 spiro atoms. The molecular formula is C12H11N7O. The molecule has 0 atom stereocenters. The van der Waals surface area contributed by atoms with Crippen molar-refractivity contribution in [3.05, 3.63) is 48.8 Å². The molecule has 20 heavy (non-hydrogen) atoms. The van der Waals surface area contributed by atoms with Crippen LogP contribution in [0.2, 0.25) is 0 Å². The molecular weight excluding hydrogens is 258 g/mol. The molecule has 0 aliphatic rings. The highest BCUT2D eigenvalue weighted by molar-refractivity contribution is 5.91. The molecule has 1 N–H and O–H groups in total. The number of benzene rings is 1. The van der Waals surface area contributed by atoms with Crippen LogP contribution in [-0.2, 0) is 0 Å². The zero-order chi connectivity index (χ0) is 13.9. The summed E-state index contributed by atoms with van der Waals surface area (Å²) in [5.41, 5.74) is 2.40. The van der Waals surface area contributed by atoms with Crippen LogP contribution in [0, 0.1) is 6.92 Å². The maximum Gasteiger partial charge on any atom is 0.331 e. The SMILES string of the molecule is Cc1ccc(-n2cnnn2)cc1NC(=O)n1ccnc1. The Morgan fingerprint density at radius 1 is 1.30 bits per heavy atom. The summed E-state index contributed by atoms with van der Waals surface area (Å²) in [6.45, 7) is 1.91. The number of tetrazole rings is 1. The minimum Gasteiger partial charge on any atom is -0.307 e. The van der Waals surface area contributed by atoms with E-state index in [9.17, 15) is 4.79 Å². The Hall–Kier alpha value is -3.03. The smallest absolute Gasteiger partial charge is 0.307 e. The lowest BCUT2D eigenvalue weighted by Crippen LogP contribution is -2.18. The summed E-state index contributed by atoms with van der Waals surface area (Å²) in [6.07, 6.45) is 6.06. The number of nitrogens with zero attached hydrogens (tertiary/aromatic N) is 6. The number of carbonyl (C=O) groups is 1. The third-order valence-corrected chi connectivity index (χ3v) is 2.82. The van der Waals surface area contributed by atoms with Gasteiger partial charge in [-0.2, -0.15) is 0 Å². The number of aromatic nitrogens is 6. The van der Waals surface area contributed by atoms with Crippen LogP contribution in [0.15, 0.2) is 43.2 Å². The van der Waals surface area contributed by atoms with E-state index in [1.54, 1.807) is 18.5 Å². The predicted octanol–water partition coefficient (Wildman–Crippen LogP) is 1.25. The minimum atomic E-state index is -0.278. The van der Waals surface area contributed by atoms with Crippen molar-refractivity contribution in [1.82, 2.24) is 29.8 Å². The van der Waals surface area contributed by atoms with Crippen LogP contribution < -0.4 is 5.32 Å². The van der Waals surface area contributed by atoms with Crippen molar-refractivity contribution >= 4 is 11.7 Å². The number of imidazole rings is 1. The van der Waals surface area contributed by atoms with Crippen molar-refractivity contribution in [2.24, 2.45) is 0 Å². The molecule has 0 radical (unpaired) electrons. The van der Waals surface area contributed by atoms with Gasteiger partial charge in [0.25, 0.3) is 0 Å². The van der Waals surface area contributed by atoms with Gasteiger partial charge in [-0.15, -0.1) is 5.10 Å². The normalized spacial score (nSPS) is 10.4. The standard InChI is InChI=1S/C12H11N7O/c1-9-2-3-10(19-8-14-16-17-19)6-11(9)15-12(20)18-5-4-13-7-18/h2-8H,1H3,(H,15,20). The first-order valence-electron chi connectivity index (χ1n) is 5.87. The number of rotatable bonds is 2. The molecule has 0 aliphatic heterocycles. The van der Waals surface area contributed by atoms with Gasteiger partial charge >= 0.3 is 6.03 Å². The van der Waals surface area contributed by atoms with Crippen LogP contribution >= 0.6 is 0 Å². The Labute approximate surface area is 114 Å². The summed E-state index contributed by atoms with van der Waals surface area (Å²) in [4.78, 5) is 15.8. The second-order valence-corrected chi connectivity index (χ2v) is 4.15. The summed E-state index contributed by atoms with van der Waals surface area (Å²) < 4.78 is 2.88. The molecule has 0 saturated carbocycles. The molecule has 3 aromatic rings. The fraction of sp³-hybridized carbons (Fsp3) is 0.0833. The number of carbonyl (C=O) groups excluding carboxylic acids is 1. The molecule has 0 fully saturated rings. The molecule has 0 unspecified atom stereocenters. The van der Waals surface area contributed by atoms with Crippen LogP contribution in [0.1, 0.15) is 5.56 Å². The first-order chi connectivity index (χ1) is 9.74. The number of hydrogen-bond acceptors (Lipinski definition) is 5. The summed E-state index contributed by atoms with van der Waals surface area (Å²) in [6, 6.07) is 5.29. The summed E-state index contributed by atoms with van der Waals surface area (Å²) in [5.74, 6) is 0. The second-order valence-electron chi connectivity index (χ2n) is 4.15. The van der Waals surface area contributed by atoms with Crippen molar-refractivity contribution in [3.8, 4) is 5.69 Å². The fourth-order valence-electron chi connectivity index (χ4n) is 1.73. The molecule has 0 aliphatic carbocycles. The number of anilines is 1. The van der Waals surface area contributed by atoms with E-state index in [1.807, 2.05) is 19.1 Å². The Morgan fingerprint density at radius 3 is 2.90 bits per heavy atom. The lowest BCUT2D eigenvalue weighted by molar-refractivity contribution is 0.253. The van der Waals surface area contributed by atoms with Crippen LogP contribution in [0.3, 0.4) is 0 Å². The van der Waals surface area contributed by atoms with E-state index in [0.717, 1.165) is 11.3 Å². The van der Waals surface area contributed by atoms with Gasteiger partial charge in [-0.1, -0.05) is 6.07 Å². The molecule has 0 saturated heterocycles. The van der Waals surface area contributed by atoms with Crippen molar-refractivity contribution in [1.29, 1.82) is 0 Å². The lowest BCUT2D eigenvalue weighted by atomic mass is 10.2. The van der Waals surface area contributed by atoms with Gasteiger partial charge < -0.3 is 5.32 Å². The first kappa shape index (κ1) is 12.0. The Kier molecular flexibility index (Phi) is 2.96. The van der Waals surface area contributed by atoms with Crippen molar-refractivity contribution < 1.29 is 4.79 Å². The van der Waals surface area contributed by atoms with Gasteiger partial charge in [0.15, 0.2) is 0 Å². The van der Waals surface area contributed by atoms with Crippen LogP contribution in [0.5, 0.6) is 0 Å². The van der Waals surface area contributed by atoms with E-state index < -0.39 is 0 Å². The number of nitrogens with one attached hydrogen (secondary N) is 1.